The van der Waals surface area contributed by atoms with Gasteiger partial charge in [0.05, 0.1) is 18.3 Å². The monoisotopic (exact) mass is 340 g/mol. The molecule has 0 aliphatic heterocycles. The number of carbonyl (C=O) groups excluding carboxylic acids is 1. The minimum atomic E-state index is -0.195. The quantitative estimate of drug-likeness (QED) is 0.840. The van der Waals surface area contributed by atoms with Gasteiger partial charge in [0.15, 0.2) is 0 Å². The maximum atomic E-state index is 12.0. The summed E-state index contributed by atoms with van der Waals surface area (Å²) in [4.78, 5) is 16.8. The number of oxazole rings is 1. The third-order valence-electron chi connectivity index (χ3n) is 2.54. The van der Waals surface area contributed by atoms with Crippen LogP contribution in [0.1, 0.15) is 28.9 Å². The third kappa shape index (κ3) is 3.61. The van der Waals surface area contributed by atoms with Crippen LogP contribution < -0.4 is 5.32 Å². The SMILES string of the molecule is CCc1cnc(CNC(=O)c2cc(S)ccc2Br)o1. The zero-order valence-electron chi connectivity index (χ0n) is 10.3. The van der Waals surface area contributed by atoms with Gasteiger partial charge in [0, 0.05) is 15.8 Å². The van der Waals surface area contributed by atoms with Crippen molar-refractivity contribution in [3.63, 3.8) is 0 Å². The number of benzene rings is 1. The van der Waals surface area contributed by atoms with E-state index in [9.17, 15) is 4.79 Å². The van der Waals surface area contributed by atoms with Crippen LogP contribution >= 0.6 is 28.6 Å². The number of hydrogen-bond acceptors (Lipinski definition) is 4. The molecule has 1 aromatic carbocycles. The number of hydrogen-bond donors (Lipinski definition) is 2. The van der Waals surface area contributed by atoms with Crippen molar-refractivity contribution in [1.82, 2.24) is 10.3 Å². The predicted molar refractivity (Wildman–Crippen MR) is 78.4 cm³/mol. The van der Waals surface area contributed by atoms with Crippen LogP contribution in [0, 0.1) is 0 Å². The van der Waals surface area contributed by atoms with Crippen LogP contribution in [0.25, 0.3) is 0 Å². The second kappa shape index (κ2) is 6.25. The van der Waals surface area contributed by atoms with Crippen molar-refractivity contribution in [2.75, 3.05) is 0 Å². The van der Waals surface area contributed by atoms with Crippen LogP contribution in [0.15, 0.2) is 38.2 Å². The minimum absolute atomic E-state index is 0.195. The van der Waals surface area contributed by atoms with Crippen molar-refractivity contribution in [3.8, 4) is 0 Å². The fourth-order valence-corrected chi connectivity index (χ4v) is 2.16. The van der Waals surface area contributed by atoms with Crippen LogP contribution in [-0.4, -0.2) is 10.9 Å². The summed E-state index contributed by atoms with van der Waals surface area (Å²) >= 11 is 7.56. The number of carbonyl (C=O) groups is 1. The van der Waals surface area contributed by atoms with Crippen molar-refractivity contribution in [1.29, 1.82) is 0 Å². The second-order valence-corrected chi connectivity index (χ2v) is 5.29. The third-order valence-corrected chi connectivity index (χ3v) is 3.51. The summed E-state index contributed by atoms with van der Waals surface area (Å²) in [5.41, 5.74) is 0.537. The Kier molecular flexibility index (Phi) is 4.66. The van der Waals surface area contributed by atoms with E-state index >= 15 is 0 Å². The average Bonchev–Trinajstić information content (AvgIpc) is 2.87. The van der Waals surface area contributed by atoms with Crippen LogP contribution in [0.5, 0.6) is 0 Å². The van der Waals surface area contributed by atoms with Gasteiger partial charge >= 0.3 is 0 Å². The fourth-order valence-electron chi connectivity index (χ4n) is 1.53. The Bertz CT molecular complexity index is 598. The number of amides is 1. The molecule has 0 aliphatic carbocycles. The van der Waals surface area contributed by atoms with E-state index in [0.717, 1.165) is 21.5 Å². The van der Waals surface area contributed by atoms with Crippen molar-refractivity contribution in [3.05, 3.63) is 46.1 Å². The number of nitrogens with zero attached hydrogens (tertiary/aromatic N) is 1. The summed E-state index contributed by atoms with van der Waals surface area (Å²) in [7, 11) is 0. The van der Waals surface area contributed by atoms with Gasteiger partial charge in [0.25, 0.3) is 5.91 Å². The molecule has 2 aromatic rings. The first-order chi connectivity index (χ1) is 9.10. The Labute approximate surface area is 125 Å². The van der Waals surface area contributed by atoms with Gasteiger partial charge in [-0.2, -0.15) is 0 Å². The molecule has 0 aliphatic rings. The number of halogens is 1. The van der Waals surface area contributed by atoms with Crippen LogP contribution in [0.4, 0.5) is 0 Å². The molecule has 1 N–H and O–H groups in total. The Balaban J connectivity index is 2.03. The summed E-state index contributed by atoms with van der Waals surface area (Å²) < 4.78 is 6.15. The van der Waals surface area contributed by atoms with Gasteiger partial charge in [0.2, 0.25) is 5.89 Å². The molecular formula is C13H13BrN2O2S. The van der Waals surface area contributed by atoms with Gasteiger partial charge in [-0.05, 0) is 34.1 Å². The average molecular weight is 341 g/mol. The highest BCUT2D eigenvalue weighted by atomic mass is 79.9. The summed E-state index contributed by atoms with van der Waals surface area (Å²) in [6.45, 7) is 2.25. The van der Waals surface area contributed by atoms with Gasteiger partial charge in [-0.1, -0.05) is 6.92 Å². The Morgan fingerprint density at radius 3 is 3.00 bits per heavy atom. The summed E-state index contributed by atoms with van der Waals surface area (Å²) in [5.74, 6) is 1.12. The van der Waals surface area contributed by atoms with E-state index in [1.807, 2.05) is 13.0 Å². The van der Waals surface area contributed by atoms with Gasteiger partial charge in [-0.15, -0.1) is 12.6 Å². The first kappa shape index (κ1) is 14.1. The van der Waals surface area contributed by atoms with E-state index in [-0.39, 0.29) is 12.5 Å². The molecule has 0 bridgehead atoms. The van der Waals surface area contributed by atoms with Gasteiger partial charge in [0.1, 0.15) is 5.76 Å². The first-order valence-corrected chi connectivity index (χ1v) is 7.04. The molecule has 0 fully saturated rings. The van der Waals surface area contributed by atoms with Crippen LogP contribution in [0.2, 0.25) is 0 Å². The molecule has 2 rings (SSSR count). The lowest BCUT2D eigenvalue weighted by atomic mass is 10.2. The molecule has 19 heavy (non-hydrogen) atoms. The number of aromatic nitrogens is 1. The fraction of sp³-hybridized carbons (Fsp3) is 0.231. The number of thiol groups is 1. The molecule has 1 aromatic heterocycles. The molecule has 0 radical (unpaired) electrons. The van der Waals surface area contributed by atoms with Crippen molar-refractivity contribution in [2.24, 2.45) is 0 Å². The van der Waals surface area contributed by atoms with Crippen LogP contribution in [0.3, 0.4) is 0 Å². The summed E-state index contributed by atoms with van der Waals surface area (Å²) in [5, 5.41) is 2.76. The lowest BCUT2D eigenvalue weighted by molar-refractivity contribution is 0.0946. The summed E-state index contributed by atoms with van der Waals surface area (Å²) in [6, 6.07) is 5.30. The van der Waals surface area contributed by atoms with Crippen LogP contribution in [-0.2, 0) is 13.0 Å². The highest BCUT2D eigenvalue weighted by Crippen LogP contribution is 2.20. The van der Waals surface area contributed by atoms with Crippen molar-refractivity contribution >= 4 is 34.5 Å². The number of aryl methyl sites for hydroxylation is 1. The molecule has 1 amide bonds. The first-order valence-electron chi connectivity index (χ1n) is 5.80. The molecule has 100 valence electrons. The lowest BCUT2D eigenvalue weighted by Gasteiger charge is -2.05. The topological polar surface area (TPSA) is 55.1 Å². The zero-order chi connectivity index (χ0) is 13.8. The highest BCUT2D eigenvalue weighted by Gasteiger charge is 2.11. The van der Waals surface area contributed by atoms with Gasteiger partial charge < -0.3 is 9.73 Å². The molecule has 0 atom stereocenters. The van der Waals surface area contributed by atoms with E-state index in [4.69, 9.17) is 4.42 Å². The largest absolute Gasteiger partial charge is 0.444 e. The molecule has 1 heterocycles. The maximum absolute atomic E-state index is 12.0. The lowest BCUT2D eigenvalue weighted by Crippen LogP contribution is -2.23. The standard InChI is InChI=1S/C13H13BrN2O2S/c1-2-8-6-15-12(18-8)7-16-13(17)10-5-9(19)3-4-11(10)14/h3-6,19H,2,7H2,1H3,(H,16,17). The number of nitrogens with one attached hydrogen (secondary N) is 1. The Morgan fingerprint density at radius 1 is 1.53 bits per heavy atom. The molecule has 4 nitrogen and oxygen atoms in total. The molecule has 0 spiro atoms. The molecule has 6 heteroatoms. The minimum Gasteiger partial charge on any atom is -0.444 e. The second-order valence-electron chi connectivity index (χ2n) is 3.92. The Morgan fingerprint density at radius 2 is 2.32 bits per heavy atom. The predicted octanol–water partition coefficient (Wildman–Crippen LogP) is 3.22. The van der Waals surface area contributed by atoms with Crippen molar-refractivity contribution < 1.29 is 9.21 Å². The molecule has 0 saturated carbocycles. The highest BCUT2D eigenvalue weighted by molar-refractivity contribution is 9.10. The summed E-state index contributed by atoms with van der Waals surface area (Å²) in [6.07, 6.45) is 2.46. The maximum Gasteiger partial charge on any atom is 0.252 e. The van der Waals surface area contributed by atoms with E-state index < -0.39 is 0 Å². The van der Waals surface area contributed by atoms with E-state index in [0.29, 0.717) is 11.5 Å². The van der Waals surface area contributed by atoms with E-state index in [1.165, 1.54) is 0 Å². The van der Waals surface area contributed by atoms with E-state index in [2.05, 4.69) is 38.9 Å². The van der Waals surface area contributed by atoms with Gasteiger partial charge in [-0.25, -0.2) is 4.98 Å². The van der Waals surface area contributed by atoms with Crippen molar-refractivity contribution in [2.45, 2.75) is 24.8 Å². The normalized spacial score (nSPS) is 10.5. The Hall–Kier alpha value is -1.27. The zero-order valence-corrected chi connectivity index (χ0v) is 12.8. The van der Waals surface area contributed by atoms with Gasteiger partial charge in [-0.3, -0.25) is 4.79 Å². The van der Waals surface area contributed by atoms with E-state index in [1.54, 1.807) is 18.3 Å². The molecule has 0 unspecified atom stereocenters. The molecular weight excluding hydrogens is 328 g/mol. The molecule has 0 saturated heterocycles. The number of rotatable bonds is 4. The smallest absolute Gasteiger partial charge is 0.252 e.